The molecule has 10 heteroatoms. The maximum Gasteiger partial charge on any atom is 0.390 e. The normalized spacial score (nSPS) is 12.2. The van der Waals surface area contributed by atoms with Gasteiger partial charge >= 0.3 is 12.8 Å². The van der Waals surface area contributed by atoms with Gasteiger partial charge in [-0.25, -0.2) is 0 Å². The number of nitrogens with zero attached hydrogens (tertiary/aromatic N) is 1. The molecule has 0 radical (unpaired) electrons. The minimum absolute atomic E-state index is 0.0896. The molecular weight excluding hydrogens is 349 g/mol. The Kier molecular flexibility index (Phi) is 8.23. The summed E-state index contributed by atoms with van der Waals surface area (Å²) in [5.41, 5.74) is 0.656. The maximum absolute atomic E-state index is 12.3. The number of guanidine groups is 1. The molecule has 0 aliphatic heterocycles. The molecule has 1 aromatic carbocycles. The van der Waals surface area contributed by atoms with Crippen LogP contribution in [-0.4, -0.2) is 38.9 Å². The molecule has 0 unspecified atom stereocenters. The summed E-state index contributed by atoms with van der Waals surface area (Å²) >= 11 is 0. The van der Waals surface area contributed by atoms with Crippen LogP contribution >= 0.6 is 0 Å². The van der Waals surface area contributed by atoms with E-state index in [0.717, 1.165) is 0 Å². The van der Waals surface area contributed by atoms with Gasteiger partial charge in [-0.3, -0.25) is 4.99 Å². The predicted molar refractivity (Wildman–Crippen MR) is 83.1 cm³/mol. The van der Waals surface area contributed by atoms with E-state index >= 15 is 0 Å². The molecule has 0 spiro atoms. The molecule has 1 rings (SSSR count). The monoisotopic (exact) mass is 369 g/mol. The number of nitrogens with one attached hydrogen (secondary N) is 2. The zero-order chi connectivity index (χ0) is 18.9. The van der Waals surface area contributed by atoms with E-state index in [4.69, 9.17) is 4.74 Å². The van der Waals surface area contributed by atoms with Gasteiger partial charge < -0.3 is 20.1 Å². The van der Waals surface area contributed by atoms with Crippen LogP contribution in [0.2, 0.25) is 0 Å². The first-order valence-corrected chi connectivity index (χ1v) is 7.47. The van der Waals surface area contributed by atoms with Gasteiger partial charge in [0.1, 0.15) is 0 Å². The van der Waals surface area contributed by atoms with Crippen molar-refractivity contribution in [3.8, 4) is 11.5 Å². The quantitative estimate of drug-likeness (QED) is 0.419. The van der Waals surface area contributed by atoms with E-state index in [9.17, 15) is 22.0 Å². The highest BCUT2D eigenvalue weighted by molar-refractivity contribution is 5.79. The van der Waals surface area contributed by atoms with Gasteiger partial charge in [-0.1, -0.05) is 6.07 Å². The molecule has 0 atom stereocenters. The summed E-state index contributed by atoms with van der Waals surface area (Å²) in [6, 6.07) is 4.39. The van der Waals surface area contributed by atoms with Gasteiger partial charge in [0.2, 0.25) is 0 Å². The van der Waals surface area contributed by atoms with E-state index in [0.29, 0.717) is 5.56 Å². The van der Waals surface area contributed by atoms with Crippen molar-refractivity contribution in [3.05, 3.63) is 23.8 Å². The third kappa shape index (κ3) is 8.41. The Labute approximate surface area is 142 Å². The van der Waals surface area contributed by atoms with Gasteiger partial charge in [-0.15, -0.1) is 0 Å². The van der Waals surface area contributed by atoms with E-state index < -0.39 is 19.2 Å². The number of hydrogen-bond donors (Lipinski definition) is 2. The molecule has 142 valence electrons. The van der Waals surface area contributed by atoms with Crippen LogP contribution in [0.4, 0.5) is 22.0 Å². The number of rotatable bonds is 8. The molecule has 1 aromatic rings. The molecular formula is C15H20F5N3O2. The summed E-state index contributed by atoms with van der Waals surface area (Å²) in [4.78, 5) is 3.81. The number of alkyl halides is 5. The molecule has 0 bridgehead atoms. The van der Waals surface area contributed by atoms with Crippen LogP contribution in [0.5, 0.6) is 11.5 Å². The summed E-state index contributed by atoms with van der Waals surface area (Å²) in [5.74, 6) is 0.255. The second-order valence-corrected chi connectivity index (χ2v) is 4.81. The Bertz CT molecular complexity index is 565. The molecule has 0 saturated heterocycles. The van der Waals surface area contributed by atoms with Gasteiger partial charge in [0.15, 0.2) is 17.5 Å². The lowest BCUT2D eigenvalue weighted by molar-refractivity contribution is -0.132. The molecule has 0 aliphatic rings. The molecule has 0 aliphatic carbocycles. The van der Waals surface area contributed by atoms with Crippen LogP contribution in [0.3, 0.4) is 0 Å². The van der Waals surface area contributed by atoms with Crippen molar-refractivity contribution in [1.82, 2.24) is 10.6 Å². The van der Waals surface area contributed by atoms with Crippen LogP contribution in [-0.2, 0) is 6.54 Å². The average molecular weight is 369 g/mol. The summed E-state index contributed by atoms with van der Waals surface area (Å²) in [6.07, 6.45) is -5.24. The van der Waals surface area contributed by atoms with Gasteiger partial charge in [0.25, 0.3) is 0 Å². The van der Waals surface area contributed by atoms with Crippen molar-refractivity contribution >= 4 is 5.96 Å². The Balaban J connectivity index is 2.64. The lowest BCUT2D eigenvalue weighted by Gasteiger charge is -2.15. The van der Waals surface area contributed by atoms with Gasteiger partial charge in [0.05, 0.1) is 13.0 Å². The highest BCUT2D eigenvalue weighted by Gasteiger charge is 2.26. The van der Waals surface area contributed by atoms with E-state index in [1.54, 1.807) is 6.92 Å². The molecule has 25 heavy (non-hydrogen) atoms. The minimum Gasteiger partial charge on any atom is -0.490 e. The molecule has 0 heterocycles. The van der Waals surface area contributed by atoms with E-state index in [2.05, 4.69) is 20.4 Å². The van der Waals surface area contributed by atoms with Crippen LogP contribution in [0.1, 0.15) is 18.9 Å². The highest BCUT2D eigenvalue weighted by Crippen LogP contribution is 2.29. The summed E-state index contributed by atoms with van der Waals surface area (Å²) < 4.78 is 70.7. The van der Waals surface area contributed by atoms with Crippen molar-refractivity contribution < 1.29 is 31.4 Å². The fraction of sp³-hybridized carbons (Fsp3) is 0.533. The summed E-state index contributed by atoms with van der Waals surface area (Å²) in [5, 5.41) is 5.37. The lowest BCUT2D eigenvalue weighted by Crippen LogP contribution is -2.38. The van der Waals surface area contributed by atoms with Crippen molar-refractivity contribution in [3.63, 3.8) is 0 Å². The van der Waals surface area contributed by atoms with Crippen LogP contribution < -0.4 is 20.1 Å². The number of aliphatic imine (C=N–C) groups is 1. The Hall–Kier alpha value is -2.26. The first-order chi connectivity index (χ1) is 11.7. The maximum atomic E-state index is 12.3. The first kappa shape index (κ1) is 20.8. The van der Waals surface area contributed by atoms with Gasteiger partial charge in [0, 0.05) is 20.1 Å². The van der Waals surface area contributed by atoms with Crippen molar-refractivity contribution in [1.29, 1.82) is 0 Å². The lowest BCUT2D eigenvalue weighted by atomic mass is 10.2. The summed E-state index contributed by atoms with van der Waals surface area (Å²) in [6.45, 7) is -1.12. The molecule has 2 N–H and O–H groups in total. The van der Waals surface area contributed by atoms with Crippen LogP contribution in [0, 0.1) is 0 Å². The zero-order valence-corrected chi connectivity index (χ0v) is 13.8. The number of ether oxygens (including phenoxy) is 2. The smallest absolute Gasteiger partial charge is 0.390 e. The van der Waals surface area contributed by atoms with Crippen molar-refractivity contribution in [2.75, 3.05) is 20.2 Å². The molecule has 0 fully saturated rings. The van der Waals surface area contributed by atoms with E-state index in [-0.39, 0.29) is 37.2 Å². The fourth-order valence-corrected chi connectivity index (χ4v) is 1.85. The highest BCUT2D eigenvalue weighted by atomic mass is 19.4. The third-order valence-corrected chi connectivity index (χ3v) is 2.91. The largest absolute Gasteiger partial charge is 0.490 e. The number of hydrogen-bond acceptors (Lipinski definition) is 3. The summed E-state index contributed by atoms with van der Waals surface area (Å²) in [7, 11) is 1.42. The van der Waals surface area contributed by atoms with E-state index in [1.807, 2.05) is 0 Å². The number of benzene rings is 1. The Morgan fingerprint density at radius 3 is 2.48 bits per heavy atom. The Morgan fingerprint density at radius 1 is 1.20 bits per heavy atom. The van der Waals surface area contributed by atoms with Crippen LogP contribution in [0.25, 0.3) is 0 Å². The SMILES string of the molecule is CCOc1cc(CNC(=NC)NCCC(F)(F)F)ccc1OC(F)F. The number of halogens is 5. The predicted octanol–water partition coefficient (Wildman–Crippen LogP) is 3.30. The molecule has 5 nitrogen and oxygen atoms in total. The van der Waals surface area contributed by atoms with Gasteiger partial charge in [-0.2, -0.15) is 22.0 Å². The fourth-order valence-electron chi connectivity index (χ4n) is 1.85. The second-order valence-electron chi connectivity index (χ2n) is 4.81. The van der Waals surface area contributed by atoms with E-state index in [1.165, 1.54) is 25.2 Å². The molecule has 0 amide bonds. The third-order valence-electron chi connectivity index (χ3n) is 2.91. The zero-order valence-electron chi connectivity index (χ0n) is 13.8. The first-order valence-electron chi connectivity index (χ1n) is 7.47. The molecule has 0 saturated carbocycles. The minimum atomic E-state index is -4.25. The average Bonchev–Trinajstić information content (AvgIpc) is 2.51. The van der Waals surface area contributed by atoms with Crippen LogP contribution in [0.15, 0.2) is 23.2 Å². The Morgan fingerprint density at radius 2 is 1.92 bits per heavy atom. The topological polar surface area (TPSA) is 54.9 Å². The van der Waals surface area contributed by atoms with Gasteiger partial charge in [-0.05, 0) is 24.6 Å². The standard InChI is InChI=1S/C15H20F5N3O2/c1-3-24-12-8-10(4-5-11(12)25-13(16)17)9-23-14(21-2)22-7-6-15(18,19)20/h4-5,8,13H,3,6-7,9H2,1-2H3,(H2,21,22,23). The van der Waals surface area contributed by atoms with Crippen molar-refractivity contribution in [2.24, 2.45) is 4.99 Å². The van der Waals surface area contributed by atoms with Crippen molar-refractivity contribution in [2.45, 2.75) is 32.7 Å². The second kappa shape index (κ2) is 9.90. The molecule has 0 aromatic heterocycles.